The van der Waals surface area contributed by atoms with Gasteiger partial charge in [0.15, 0.2) is 0 Å². The molecule has 1 N–H and O–H groups in total. The molecule has 0 radical (unpaired) electrons. The average molecular weight is 258 g/mol. The fourth-order valence-corrected chi connectivity index (χ4v) is 2.62. The lowest BCUT2D eigenvalue weighted by Gasteiger charge is -2.10. The third-order valence-electron chi connectivity index (χ3n) is 2.74. The number of benzene rings is 1. The van der Waals surface area contributed by atoms with Gasteiger partial charge in [-0.1, -0.05) is 29.8 Å². The van der Waals surface area contributed by atoms with Crippen molar-refractivity contribution in [2.45, 2.75) is 13.8 Å². The third kappa shape index (κ3) is 2.68. The SMILES string of the molecule is Cc1ccc(C)c(/C(=C/C(=O)O)c2cccs2)c1. The minimum atomic E-state index is -0.917. The maximum Gasteiger partial charge on any atom is 0.328 e. The highest BCUT2D eigenvalue weighted by molar-refractivity contribution is 7.11. The molecule has 1 aromatic carbocycles. The number of carbonyl (C=O) groups is 1. The molecule has 1 heterocycles. The number of carboxylic acid groups (broad SMARTS) is 1. The predicted molar refractivity (Wildman–Crippen MR) is 74.9 cm³/mol. The van der Waals surface area contributed by atoms with Crippen LogP contribution in [0.25, 0.3) is 5.57 Å². The number of rotatable bonds is 3. The molecule has 0 saturated carbocycles. The Bertz CT molecular complexity index is 595. The standard InChI is InChI=1S/C15H14O2S/c1-10-5-6-11(2)12(8-10)13(9-15(16)17)14-4-3-7-18-14/h3-9H,1-2H3,(H,16,17)/b13-9-. The topological polar surface area (TPSA) is 37.3 Å². The molecule has 18 heavy (non-hydrogen) atoms. The Morgan fingerprint density at radius 1 is 1.28 bits per heavy atom. The van der Waals surface area contributed by atoms with Gasteiger partial charge in [0.25, 0.3) is 0 Å². The van der Waals surface area contributed by atoms with E-state index in [2.05, 4.69) is 0 Å². The van der Waals surface area contributed by atoms with Gasteiger partial charge in [0.2, 0.25) is 0 Å². The molecular weight excluding hydrogens is 244 g/mol. The first-order valence-corrected chi connectivity index (χ1v) is 6.52. The highest BCUT2D eigenvalue weighted by atomic mass is 32.1. The van der Waals surface area contributed by atoms with E-state index in [1.54, 1.807) is 11.3 Å². The maximum absolute atomic E-state index is 11.0. The lowest BCUT2D eigenvalue weighted by atomic mass is 9.97. The third-order valence-corrected chi connectivity index (χ3v) is 3.64. The Kier molecular flexibility index (Phi) is 3.63. The van der Waals surface area contributed by atoms with Crippen molar-refractivity contribution in [3.05, 3.63) is 63.4 Å². The van der Waals surface area contributed by atoms with Crippen LogP contribution in [-0.4, -0.2) is 11.1 Å². The van der Waals surface area contributed by atoms with Crippen LogP contribution in [0.1, 0.15) is 21.6 Å². The van der Waals surface area contributed by atoms with Crippen LogP contribution in [0.3, 0.4) is 0 Å². The number of aryl methyl sites for hydroxylation is 2. The lowest BCUT2D eigenvalue weighted by molar-refractivity contribution is -0.131. The van der Waals surface area contributed by atoms with Crippen LogP contribution < -0.4 is 0 Å². The highest BCUT2D eigenvalue weighted by Crippen LogP contribution is 2.29. The van der Waals surface area contributed by atoms with E-state index >= 15 is 0 Å². The normalized spacial score (nSPS) is 11.6. The zero-order chi connectivity index (χ0) is 13.1. The molecule has 0 aliphatic rings. The summed E-state index contributed by atoms with van der Waals surface area (Å²) in [7, 11) is 0. The van der Waals surface area contributed by atoms with Crippen LogP contribution in [-0.2, 0) is 4.79 Å². The second kappa shape index (κ2) is 5.19. The van der Waals surface area contributed by atoms with E-state index in [9.17, 15) is 4.79 Å². The van der Waals surface area contributed by atoms with Gasteiger partial charge in [0.05, 0.1) is 0 Å². The number of hydrogen-bond acceptors (Lipinski definition) is 2. The molecule has 2 nitrogen and oxygen atoms in total. The van der Waals surface area contributed by atoms with Gasteiger partial charge in [-0.05, 0) is 36.4 Å². The van der Waals surface area contributed by atoms with E-state index in [0.29, 0.717) is 0 Å². The molecule has 0 bridgehead atoms. The largest absolute Gasteiger partial charge is 0.478 e. The van der Waals surface area contributed by atoms with Crippen LogP contribution in [0.15, 0.2) is 41.8 Å². The van der Waals surface area contributed by atoms with Crippen molar-refractivity contribution in [2.75, 3.05) is 0 Å². The fraction of sp³-hybridized carbons (Fsp3) is 0.133. The van der Waals surface area contributed by atoms with E-state index in [4.69, 9.17) is 5.11 Å². The van der Waals surface area contributed by atoms with Gasteiger partial charge >= 0.3 is 5.97 Å². The van der Waals surface area contributed by atoms with Gasteiger partial charge in [-0.3, -0.25) is 0 Å². The number of aliphatic carboxylic acids is 1. The highest BCUT2D eigenvalue weighted by Gasteiger charge is 2.11. The second-order valence-electron chi connectivity index (χ2n) is 4.19. The Labute approximate surface area is 110 Å². The zero-order valence-corrected chi connectivity index (χ0v) is 11.1. The van der Waals surface area contributed by atoms with E-state index < -0.39 is 5.97 Å². The quantitative estimate of drug-likeness (QED) is 0.848. The minimum absolute atomic E-state index is 0.777. The molecule has 92 valence electrons. The molecule has 1 aromatic heterocycles. The summed E-state index contributed by atoms with van der Waals surface area (Å²) in [6, 6.07) is 9.96. The molecule has 0 fully saturated rings. The molecule has 2 aromatic rings. The van der Waals surface area contributed by atoms with Crippen molar-refractivity contribution in [1.29, 1.82) is 0 Å². The van der Waals surface area contributed by atoms with Crippen molar-refractivity contribution in [1.82, 2.24) is 0 Å². The number of thiophene rings is 1. The van der Waals surface area contributed by atoms with Crippen LogP contribution in [0.5, 0.6) is 0 Å². The summed E-state index contributed by atoms with van der Waals surface area (Å²) in [6.45, 7) is 4.01. The van der Waals surface area contributed by atoms with Crippen LogP contribution >= 0.6 is 11.3 Å². The molecule has 3 heteroatoms. The van der Waals surface area contributed by atoms with Crippen LogP contribution in [0, 0.1) is 13.8 Å². The van der Waals surface area contributed by atoms with E-state index in [1.807, 2.05) is 49.6 Å². The average Bonchev–Trinajstić information content (AvgIpc) is 2.82. The summed E-state index contributed by atoms with van der Waals surface area (Å²) < 4.78 is 0. The molecule has 0 amide bonds. The molecule has 0 atom stereocenters. The van der Waals surface area contributed by atoms with E-state index in [0.717, 1.165) is 27.1 Å². The van der Waals surface area contributed by atoms with Crippen molar-refractivity contribution < 1.29 is 9.90 Å². The summed E-state index contributed by atoms with van der Waals surface area (Å²) in [6.07, 6.45) is 1.29. The molecule has 0 spiro atoms. The number of carboxylic acids is 1. The zero-order valence-electron chi connectivity index (χ0n) is 10.3. The van der Waals surface area contributed by atoms with Crippen LogP contribution in [0.2, 0.25) is 0 Å². The second-order valence-corrected chi connectivity index (χ2v) is 5.14. The van der Waals surface area contributed by atoms with Crippen molar-refractivity contribution >= 4 is 22.9 Å². The van der Waals surface area contributed by atoms with E-state index in [1.165, 1.54) is 6.08 Å². The first-order valence-electron chi connectivity index (χ1n) is 5.64. The smallest absolute Gasteiger partial charge is 0.328 e. The summed E-state index contributed by atoms with van der Waals surface area (Å²) in [5, 5.41) is 11.0. The maximum atomic E-state index is 11.0. The first kappa shape index (κ1) is 12.6. The number of hydrogen-bond donors (Lipinski definition) is 1. The van der Waals surface area contributed by atoms with Gasteiger partial charge in [-0.15, -0.1) is 11.3 Å². The van der Waals surface area contributed by atoms with Gasteiger partial charge in [0, 0.05) is 16.5 Å². The Morgan fingerprint density at radius 2 is 2.06 bits per heavy atom. The molecule has 0 saturated heterocycles. The molecule has 2 rings (SSSR count). The molecule has 0 aliphatic heterocycles. The van der Waals surface area contributed by atoms with Gasteiger partial charge in [-0.2, -0.15) is 0 Å². The molecular formula is C15H14O2S. The van der Waals surface area contributed by atoms with Crippen molar-refractivity contribution in [2.24, 2.45) is 0 Å². The molecule has 0 aliphatic carbocycles. The van der Waals surface area contributed by atoms with Gasteiger partial charge < -0.3 is 5.11 Å². The Balaban J connectivity index is 2.61. The lowest BCUT2D eigenvalue weighted by Crippen LogP contribution is -1.96. The van der Waals surface area contributed by atoms with E-state index in [-0.39, 0.29) is 0 Å². The summed E-state index contributed by atoms with van der Waals surface area (Å²) in [5.41, 5.74) is 3.98. The van der Waals surface area contributed by atoms with Crippen LogP contribution in [0.4, 0.5) is 0 Å². The molecule has 0 unspecified atom stereocenters. The van der Waals surface area contributed by atoms with Gasteiger partial charge in [-0.25, -0.2) is 4.79 Å². The predicted octanol–water partition coefficient (Wildman–Crippen LogP) is 3.88. The summed E-state index contributed by atoms with van der Waals surface area (Å²) in [5.74, 6) is -0.917. The summed E-state index contributed by atoms with van der Waals surface area (Å²) >= 11 is 1.55. The summed E-state index contributed by atoms with van der Waals surface area (Å²) in [4.78, 5) is 12.0. The first-order chi connectivity index (χ1) is 8.58. The Hall–Kier alpha value is -1.87. The van der Waals surface area contributed by atoms with Crippen molar-refractivity contribution in [3.8, 4) is 0 Å². The minimum Gasteiger partial charge on any atom is -0.478 e. The fourth-order valence-electron chi connectivity index (χ4n) is 1.86. The van der Waals surface area contributed by atoms with Gasteiger partial charge in [0.1, 0.15) is 0 Å². The monoisotopic (exact) mass is 258 g/mol. The Morgan fingerprint density at radius 3 is 2.67 bits per heavy atom. The van der Waals surface area contributed by atoms with Crippen molar-refractivity contribution in [3.63, 3.8) is 0 Å².